The summed E-state index contributed by atoms with van der Waals surface area (Å²) in [5.74, 6) is 3.28. The molecular weight excluding hydrogens is 348 g/mol. The van der Waals surface area contributed by atoms with Gasteiger partial charge < -0.3 is 0 Å². The highest BCUT2D eigenvalue weighted by molar-refractivity contribution is 7.88. The minimum absolute atomic E-state index is 0.285. The monoisotopic (exact) mass is 386 g/mol. The molecule has 27 heavy (non-hydrogen) atoms. The molecule has 3 fully saturated rings. The van der Waals surface area contributed by atoms with Crippen LogP contribution in [-0.4, -0.2) is 9.46 Å². The molecule has 0 aliphatic heterocycles. The van der Waals surface area contributed by atoms with Gasteiger partial charge >= 0.3 is 0 Å². The largest absolute Gasteiger partial charge is 0.255 e. The maximum Gasteiger partial charge on any atom is 0.0489 e. The molecule has 4 aliphatic rings. The first-order valence-corrected chi connectivity index (χ1v) is 12.5. The molecule has 0 aromatic heterocycles. The second-order valence-electron chi connectivity index (χ2n) is 10.3. The first-order chi connectivity index (χ1) is 12.9. The Morgan fingerprint density at radius 3 is 2.74 bits per heavy atom. The molecule has 150 valence electrons. The summed E-state index contributed by atoms with van der Waals surface area (Å²) in [5, 5.41) is 2.33. The minimum Gasteiger partial charge on any atom is -0.255 e. The van der Waals surface area contributed by atoms with Crippen LogP contribution < -0.4 is 0 Å². The van der Waals surface area contributed by atoms with Crippen molar-refractivity contribution in [3.63, 3.8) is 0 Å². The van der Waals surface area contributed by atoms with Crippen LogP contribution in [0.25, 0.3) is 0 Å². The third-order valence-corrected chi connectivity index (χ3v) is 11.0. The summed E-state index contributed by atoms with van der Waals surface area (Å²) in [6, 6.07) is 0. The second kappa shape index (κ2) is 7.32. The van der Waals surface area contributed by atoms with Gasteiger partial charge in [-0.05, 0) is 105 Å². The van der Waals surface area contributed by atoms with Gasteiger partial charge in [0.05, 0.1) is 0 Å². The Bertz CT molecular complexity index is 676. The molecule has 8 atom stereocenters. The average Bonchev–Trinajstić information content (AvgIpc) is 3.00. The highest BCUT2D eigenvalue weighted by Gasteiger charge is 2.59. The Hall–Kier alpha value is -0.630. The van der Waals surface area contributed by atoms with Crippen LogP contribution in [0.3, 0.4) is 0 Å². The highest BCUT2D eigenvalue weighted by atomic mass is 32.2. The van der Waals surface area contributed by atoms with Crippen LogP contribution in [0, 0.1) is 34.5 Å². The van der Waals surface area contributed by atoms with Crippen LogP contribution in [0.5, 0.6) is 0 Å². The molecule has 0 saturated heterocycles. The minimum atomic E-state index is -0.796. The van der Waals surface area contributed by atoms with Gasteiger partial charge in [-0.1, -0.05) is 37.6 Å². The number of allylic oxidation sites excluding steroid dienone is 4. The third kappa shape index (κ3) is 3.05. The van der Waals surface area contributed by atoms with Gasteiger partial charge in [0, 0.05) is 16.0 Å². The first-order valence-electron chi connectivity index (χ1n) is 11.3. The molecule has 0 radical (unpaired) electrons. The standard InChI is InChI=1S/C25H38OS/c1-5-7-18-12-14-24(3)19(17-18)8-9-20-21-10-11-23(27(26)16-6-2)25(21,4)15-13-22(20)24/h5-6,8,16,18,20-23H,1,7,9-15,17H2,2-4H3/t18?,20-,21-,22-,23-,24-,25-,27?/m0/s1. The number of rotatable bonds is 4. The lowest BCUT2D eigenvalue weighted by Crippen LogP contribution is -2.51. The lowest BCUT2D eigenvalue weighted by molar-refractivity contribution is -0.0272. The van der Waals surface area contributed by atoms with Gasteiger partial charge in [0.15, 0.2) is 0 Å². The summed E-state index contributed by atoms with van der Waals surface area (Å²) < 4.78 is 12.9. The molecule has 3 saturated carbocycles. The van der Waals surface area contributed by atoms with Crippen LogP contribution in [0.4, 0.5) is 0 Å². The summed E-state index contributed by atoms with van der Waals surface area (Å²) in [4.78, 5) is 0. The van der Waals surface area contributed by atoms with Crippen molar-refractivity contribution in [2.24, 2.45) is 34.5 Å². The molecule has 0 aromatic carbocycles. The normalized spacial score (nSPS) is 47.7. The van der Waals surface area contributed by atoms with Crippen molar-refractivity contribution in [3.05, 3.63) is 35.8 Å². The summed E-state index contributed by atoms with van der Waals surface area (Å²) in [7, 11) is -0.796. The summed E-state index contributed by atoms with van der Waals surface area (Å²) in [6.45, 7) is 11.0. The van der Waals surface area contributed by atoms with Gasteiger partial charge in [-0.25, -0.2) is 0 Å². The Balaban J connectivity index is 1.59. The number of hydrogen-bond acceptors (Lipinski definition) is 1. The lowest BCUT2D eigenvalue weighted by atomic mass is 9.47. The van der Waals surface area contributed by atoms with E-state index in [1.807, 2.05) is 18.4 Å². The predicted molar refractivity (Wildman–Crippen MR) is 117 cm³/mol. The van der Waals surface area contributed by atoms with E-state index in [1.165, 1.54) is 51.4 Å². The maximum atomic E-state index is 12.9. The summed E-state index contributed by atoms with van der Waals surface area (Å²) in [5.41, 5.74) is 2.49. The number of fused-ring (bicyclic) bond motifs is 5. The molecule has 1 nitrogen and oxygen atoms in total. The van der Waals surface area contributed by atoms with Gasteiger partial charge in [0.2, 0.25) is 0 Å². The van der Waals surface area contributed by atoms with E-state index in [0.717, 1.165) is 30.1 Å². The van der Waals surface area contributed by atoms with Crippen LogP contribution in [0.15, 0.2) is 35.8 Å². The van der Waals surface area contributed by atoms with Crippen LogP contribution in [0.1, 0.15) is 78.6 Å². The molecule has 0 bridgehead atoms. The summed E-state index contributed by atoms with van der Waals surface area (Å²) >= 11 is 0. The molecule has 4 rings (SSSR count). The molecule has 0 aromatic rings. The topological polar surface area (TPSA) is 17.1 Å². The van der Waals surface area contributed by atoms with E-state index in [-0.39, 0.29) is 5.41 Å². The fourth-order valence-electron chi connectivity index (χ4n) is 7.74. The van der Waals surface area contributed by atoms with Crippen molar-refractivity contribution in [1.82, 2.24) is 0 Å². The van der Waals surface area contributed by atoms with Gasteiger partial charge in [-0.2, -0.15) is 0 Å². The molecule has 0 N–H and O–H groups in total. The zero-order chi connectivity index (χ0) is 19.2. The van der Waals surface area contributed by atoms with Crippen molar-refractivity contribution in [1.29, 1.82) is 0 Å². The lowest BCUT2D eigenvalue weighted by Gasteiger charge is -2.58. The fourth-order valence-corrected chi connectivity index (χ4v) is 9.39. The van der Waals surface area contributed by atoms with Crippen LogP contribution in [-0.2, 0) is 10.8 Å². The second-order valence-corrected chi connectivity index (χ2v) is 11.8. The Morgan fingerprint density at radius 1 is 1.19 bits per heavy atom. The molecular formula is C25H38OS. The van der Waals surface area contributed by atoms with Crippen molar-refractivity contribution >= 4 is 10.8 Å². The van der Waals surface area contributed by atoms with Crippen molar-refractivity contribution < 1.29 is 4.21 Å². The smallest absolute Gasteiger partial charge is 0.0489 e. The fraction of sp³-hybridized carbons (Fsp3) is 0.760. The van der Waals surface area contributed by atoms with Gasteiger partial charge in [0.1, 0.15) is 0 Å². The predicted octanol–water partition coefficient (Wildman–Crippen LogP) is 6.79. The van der Waals surface area contributed by atoms with Crippen LogP contribution in [0.2, 0.25) is 0 Å². The van der Waals surface area contributed by atoms with E-state index in [9.17, 15) is 4.21 Å². The van der Waals surface area contributed by atoms with Gasteiger partial charge in [-0.3, -0.25) is 4.21 Å². The van der Waals surface area contributed by atoms with E-state index in [2.05, 4.69) is 32.6 Å². The van der Waals surface area contributed by atoms with Crippen LogP contribution >= 0.6 is 0 Å². The first kappa shape index (κ1) is 19.7. The molecule has 2 unspecified atom stereocenters. The van der Waals surface area contributed by atoms with Crippen molar-refractivity contribution in [2.45, 2.75) is 83.8 Å². The summed E-state index contributed by atoms with van der Waals surface area (Å²) in [6.07, 6.45) is 18.4. The quantitative estimate of drug-likeness (QED) is 0.486. The molecule has 2 heteroatoms. The SMILES string of the molecule is C=CCC1CC[C@@]2(C)C(=CC[C@H]3[C@@H]4CC[C@H](S(=O)C=CC)[C@@]4(C)CC[C@@H]32)C1. The average molecular weight is 387 g/mol. The van der Waals surface area contributed by atoms with E-state index in [0.29, 0.717) is 10.7 Å². The maximum absolute atomic E-state index is 12.9. The third-order valence-electron chi connectivity index (χ3n) is 9.17. The Labute approximate surface area is 169 Å². The van der Waals surface area contributed by atoms with Crippen molar-refractivity contribution in [3.8, 4) is 0 Å². The zero-order valence-electron chi connectivity index (χ0n) is 17.6. The molecule has 0 amide bonds. The van der Waals surface area contributed by atoms with E-state index in [4.69, 9.17) is 0 Å². The highest BCUT2D eigenvalue weighted by Crippen LogP contribution is 2.65. The number of hydrogen-bond donors (Lipinski definition) is 0. The van der Waals surface area contributed by atoms with E-state index >= 15 is 0 Å². The Kier molecular flexibility index (Phi) is 5.33. The van der Waals surface area contributed by atoms with E-state index in [1.54, 1.807) is 5.57 Å². The molecule has 4 aliphatic carbocycles. The van der Waals surface area contributed by atoms with E-state index < -0.39 is 10.8 Å². The Morgan fingerprint density at radius 2 is 2.00 bits per heavy atom. The van der Waals surface area contributed by atoms with Gasteiger partial charge in [-0.15, -0.1) is 6.58 Å². The van der Waals surface area contributed by atoms with Crippen molar-refractivity contribution in [2.75, 3.05) is 0 Å². The zero-order valence-corrected chi connectivity index (χ0v) is 18.4. The molecule has 0 heterocycles. The van der Waals surface area contributed by atoms with Gasteiger partial charge in [0.25, 0.3) is 0 Å². The molecule has 0 spiro atoms.